The Morgan fingerprint density at radius 2 is 2.00 bits per heavy atom. The Balaban J connectivity index is 2.63. The van der Waals surface area contributed by atoms with E-state index in [-0.39, 0.29) is 5.54 Å². The van der Waals surface area contributed by atoms with Crippen molar-refractivity contribution in [3.05, 3.63) is 22.4 Å². The van der Waals surface area contributed by atoms with Gasteiger partial charge in [-0.05, 0) is 58.3 Å². The molecule has 0 aliphatic heterocycles. The zero-order chi connectivity index (χ0) is 13.6. The number of likely N-dealkylation sites (N-methyl/N-ethyl adjacent to an activating group) is 2. The Labute approximate surface area is 116 Å². The van der Waals surface area contributed by atoms with E-state index < -0.39 is 0 Å². The van der Waals surface area contributed by atoms with Crippen molar-refractivity contribution in [2.45, 2.75) is 52.1 Å². The second kappa shape index (κ2) is 7.27. The number of hydrogen-bond acceptors (Lipinski definition) is 3. The van der Waals surface area contributed by atoms with Gasteiger partial charge in [0.15, 0.2) is 0 Å². The summed E-state index contributed by atoms with van der Waals surface area (Å²) in [5.41, 5.74) is 0.204. The van der Waals surface area contributed by atoms with E-state index in [1.165, 1.54) is 17.7 Å². The Kier molecular flexibility index (Phi) is 6.33. The molecule has 0 saturated heterocycles. The lowest BCUT2D eigenvalue weighted by atomic mass is 9.88. The molecule has 1 unspecified atom stereocenters. The minimum atomic E-state index is 0.204. The molecule has 1 rings (SSSR count). The van der Waals surface area contributed by atoms with Gasteiger partial charge in [0.2, 0.25) is 0 Å². The third kappa shape index (κ3) is 3.81. The average molecular weight is 268 g/mol. The monoisotopic (exact) mass is 268 g/mol. The number of hydrogen-bond donors (Lipinski definition) is 1. The van der Waals surface area contributed by atoms with Crippen LogP contribution in [-0.2, 0) is 6.42 Å². The van der Waals surface area contributed by atoms with Crippen LogP contribution in [0, 0.1) is 0 Å². The first-order valence-electron chi connectivity index (χ1n) is 7.00. The van der Waals surface area contributed by atoms with Crippen LogP contribution >= 0.6 is 11.3 Å². The smallest absolute Gasteiger partial charge is 0.0306 e. The molecule has 104 valence electrons. The van der Waals surface area contributed by atoms with Crippen molar-refractivity contribution in [3.8, 4) is 0 Å². The van der Waals surface area contributed by atoms with Crippen molar-refractivity contribution in [3.63, 3.8) is 0 Å². The highest BCUT2D eigenvalue weighted by Crippen LogP contribution is 2.23. The Morgan fingerprint density at radius 3 is 2.44 bits per heavy atom. The van der Waals surface area contributed by atoms with E-state index in [2.05, 4.69) is 62.5 Å². The molecule has 0 spiro atoms. The molecule has 0 aromatic carbocycles. The summed E-state index contributed by atoms with van der Waals surface area (Å²) in [5, 5.41) is 5.68. The molecule has 0 aliphatic rings. The molecule has 1 atom stereocenters. The Hall–Kier alpha value is -0.380. The van der Waals surface area contributed by atoms with E-state index in [1.807, 2.05) is 11.3 Å². The predicted molar refractivity (Wildman–Crippen MR) is 82.5 cm³/mol. The van der Waals surface area contributed by atoms with Crippen LogP contribution in [0.2, 0.25) is 0 Å². The van der Waals surface area contributed by atoms with Crippen LogP contribution in [0.3, 0.4) is 0 Å². The fourth-order valence-electron chi connectivity index (χ4n) is 2.85. The van der Waals surface area contributed by atoms with E-state index in [0.717, 1.165) is 13.1 Å². The first-order valence-corrected chi connectivity index (χ1v) is 7.88. The summed E-state index contributed by atoms with van der Waals surface area (Å²) in [6.45, 7) is 11.4. The summed E-state index contributed by atoms with van der Waals surface area (Å²) in [6, 6.07) is 4.91. The van der Waals surface area contributed by atoms with Gasteiger partial charge in [-0.1, -0.05) is 19.9 Å². The van der Waals surface area contributed by atoms with Gasteiger partial charge in [-0.15, -0.1) is 11.3 Å². The molecular weight excluding hydrogens is 240 g/mol. The summed E-state index contributed by atoms with van der Waals surface area (Å²) in [7, 11) is 2.09. The van der Waals surface area contributed by atoms with Crippen molar-refractivity contribution in [2.24, 2.45) is 0 Å². The number of nitrogens with one attached hydrogen (secondary N) is 1. The second-order valence-corrected chi connectivity index (χ2v) is 6.32. The van der Waals surface area contributed by atoms with E-state index in [4.69, 9.17) is 0 Å². The van der Waals surface area contributed by atoms with Gasteiger partial charge in [0, 0.05) is 16.5 Å². The molecule has 18 heavy (non-hydrogen) atoms. The van der Waals surface area contributed by atoms with Gasteiger partial charge in [0.1, 0.15) is 0 Å². The second-order valence-electron chi connectivity index (χ2n) is 5.29. The van der Waals surface area contributed by atoms with Crippen LogP contribution in [0.4, 0.5) is 0 Å². The third-order valence-corrected chi connectivity index (χ3v) is 4.98. The first-order chi connectivity index (χ1) is 8.56. The van der Waals surface area contributed by atoms with Gasteiger partial charge in [0.05, 0.1) is 0 Å². The fourth-order valence-corrected chi connectivity index (χ4v) is 3.58. The lowest BCUT2D eigenvalue weighted by molar-refractivity contribution is 0.0910. The van der Waals surface area contributed by atoms with Gasteiger partial charge in [0.25, 0.3) is 0 Å². The molecule has 3 heteroatoms. The molecule has 2 nitrogen and oxygen atoms in total. The zero-order valence-electron chi connectivity index (χ0n) is 12.5. The molecule has 0 saturated carbocycles. The molecular formula is C15H28N2S. The summed E-state index contributed by atoms with van der Waals surface area (Å²) in [4.78, 5) is 4.04. The molecule has 1 heterocycles. The van der Waals surface area contributed by atoms with Gasteiger partial charge in [-0.2, -0.15) is 0 Å². The Morgan fingerprint density at radius 1 is 1.33 bits per heavy atom. The number of nitrogens with zero attached hydrogens (tertiary/aromatic N) is 1. The lowest BCUT2D eigenvalue weighted by Gasteiger charge is -2.43. The van der Waals surface area contributed by atoms with Crippen LogP contribution in [0.1, 0.15) is 39.0 Å². The van der Waals surface area contributed by atoms with Gasteiger partial charge in [-0.25, -0.2) is 0 Å². The maximum absolute atomic E-state index is 3.52. The van der Waals surface area contributed by atoms with Crippen molar-refractivity contribution in [1.82, 2.24) is 10.2 Å². The van der Waals surface area contributed by atoms with Crippen LogP contribution in [0.25, 0.3) is 0 Å². The standard InChI is InChI=1S/C15H28N2S/c1-6-17(7-2)15(3,4)14(16-5)11-10-13-9-8-12-18-13/h8-9,12,14,16H,6-7,10-11H2,1-5H3. The van der Waals surface area contributed by atoms with Crippen LogP contribution in [0.15, 0.2) is 17.5 Å². The number of rotatable bonds is 8. The van der Waals surface area contributed by atoms with Crippen molar-refractivity contribution < 1.29 is 0 Å². The minimum Gasteiger partial charge on any atom is -0.315 e. The zero-order valence-corrected chi connectivity index (χ0v) is 13.3. The maximum Gasteiger partial charge on any atom is 0.0306 e. The average Bonchev–Trinajstić information content (AvgIpc) is 2.83. The number of thiophene rings is 1. The normalized spacial score (nSPS) is 14.1. The Bertz CT molecular complexity index is 315. The highest BCUT2D eigenvalue weighted by molar-refractivity contribution is 7.09. The largest absolute Gasteiger partial charge is 0.315 e. The lowest BCUT2D eigenvalue weighted by Crippen LogP contribution is -2.57. The van der Waals surface area contributed by atoms with Crippen molar-refractivity contribution in [2.75, 3.05) is 20.1 Å². The van der Waals surface area contributed by atoms with Gasteiger partial charge in [-0.3, -0.25) is 4.90 Å². The van der Waals surface area contributed by atoms with Crippen LogP contribution in [0.5, 0.6) is 0 Å². The highest BCUT2D eigenvalue weighted by Gasteiger charge is 2.32. The van der Waals surface area contributed by atoms with Crippen LogP contribution < -0.4 is 5.32 Å². The molecule has 0 amide bonds. The third-order valence-electron chi connectivity index (χ3n) is 4.04. The van der Waals surface area contributed by atoms with Crippen LogP contribution in [-0.4, -0.2) is 36.6 Å². The topological polar surface area (TPSA) is 15.3 Å². The molecule has 0 fully saturated rings. The minimum absolute atomic E-state index is 0.204. The summed E-state index contributed by atoms with van der Waals surface area (Å²) >= 11 is 1.86. The molecule has 0 aliphatic carbocycles. The van der Waals surface area contributed by atoms with E-state index in [0.29, 0.717) is 6.04 Å². The molecule has 1 aromatic heterocycles. The number of aryl methyl sites for hydroxylation is 1. The first kappa shape index (κ1) is 15.7. The maximum atomic E-state index is 3.52. The summed E-state index contributed by atoms with van der Waals surface area (Å²) in [6.07, 6.45) is 2.37. The van der Waals surface area contributed by atoms with Gasteiger partial charge >= 0.3 is 0 Å². The van der Waals surface area contributed by atoms with E-state index in [9.17, 15) is 0 Å². The molecule has 1 N–H and O–H groups in total. The van der Waals surface area contributed by atoms with E-state index >= 15 is 0 Å². The summed E-state index contributed by atoms with van der Waals surface area (Å²) < 4.78 is 0. The SMILES string of the molecule is CCN(CC)C(C)(C)C(CCc1cccs1)NC. The summed E-state index contributed by atoms with van der Waals surface area (Å²) in [5.74, 6) is 0. The quantitative estimate of drug-likeness (QED) is 0.777. The van der Waals surface area contributed by atoms with Crippen molar-refractivity contribution >= 4 is 11.3 Å². The van der Waals surface area contributed by atoms with Gasteiger partial charge < -0.3 is 5.32 Å². The molecule has 0 bridgehead atoms. The predicted octanol–water partition coefficient (Wildman–Crippen LogP) is 3.39. The highest BCUT2D eigenvalue weighted by atomic mass is 32.1. The molecule has 1 aromatic rings. The van der Waals surface area contributed by atoms with E-state index in [1.54, 1.807) is 0 Å². The fraction of sp³-hybridized carbons (Fsp3) is 0.733. The van der Waals surface area contributed by atoms with Crippen molar-refractivity contribution in [1.29, 1.82) is 0 Å². The molecule has 0 radical (unpaired) electrons.